The van der Waals surface area contributed by atoms with Crippen LogP contribution in [0.25, 0.3) is 0 Å². The number of aromatic hydroxyl groups is 1. The normalized spacial score (nSPS) is 19.4. The Morgan fingerprint density at radius 1 is 1.37 bits per heavy atom. The Balaban J connectivity index is 0.000000861. The van der Waals surface area contributed by atoms with E-state index in [9.17, 15) is 9.90 Å². The monoisotopic (exact) mass is 284 g/mol. The number of aliphatic carboxylic acids is 1. The standard InChI is InChI=1S/C11H14N2O3S.C2H6/c14-8-1-3-9(4-2-8)17-13-6-5-12-7-10(13)11(15)16;1-2/h1-4,10,12,14H,5-7H2,(H,15,16);1-2H3. The second kappa shape index (κ2) is 8.04. The summed E-state index contributed by atoms with van der Waals surface area (Å²) >= 11 is 1.41. The first-order valence-corrected chi connectivity index (χ1v) is 7.11. The van der Waals surface area contributed by atoms with Gasteiger partial charge in [-0.15, -0.1) is 0 Å². The van der Waals surface area contributed by atoms with Crippen LogP contribution >= 0.6 is 11.9 Å². The van der Waals surface area contributed by atoms with E-state index in [1.807, 2.05) is 18.2 Å². The van der Waals surface area contributed by atoms with Gasteiger partial charge in [-0.25, -0.2) is 4.31 Å². The molecule has 1 heterocycles. The third-order valence-electron chi connectivity index (χ3n) is 2.54. The number of benzene rings is 1. The average molecular weight is 284 g/mol. The maximum absolute atomic E-state index is 11.1. The summed E-state index contributed by atoms with van der Waals surface area (Å²) in [5, 5.41) is 21.3. The molecule has 0 saturated carbocycles. The van der Waals surface area contributed by atoms with Crippen molar-refractivity contribution in [3.05, 3.63) is 24.3 Å². The predicted molar refractivity (Wildman–Crippen MR) is 76.3 cm³/mol. The molecule has 1 aromatic rings. The van der Waals surface area contributed by atoms with Gasteiger partial charge in [0.2, 0.25) is 0 Å². The predicted octanol–water partition coefficient (Wildman–Crippen LogP) is 1.78. The molecule has 106 valence electrons. The van der Waals surface area contributed by atoms with Crippen molar-refractivity contribution in [1.29, 1.82) is 0 Å². The maximum Gasteiger partial charge on any atom is 0.323 e. The summed E-state index contributed by atoms with van der Waals surface area (Å²) in [7, 11) is 0. The zero-order valence-electron chi connectivity index (χ0n) is 11.2. The van der Waals surface area contributed by atoms with Gasteiger partial charge in [0, 0.05) is 24.5 Å². The number of phenolic OH excluding ortho intramolecular Hbond substituents is 1. The first-order chi connectivity index (χ1) is 9.16. The highest BCUT2D eigenvalue weighted by Gasteiger charge is 2.28. The summed E-state index contributed by atoms with van der Waals surface area (Å²) in [6.45, 7) is 5.93. The number of phenols is 1. The highest BCUT2D eigenvalue weighted by Crippen LogP contribution is 2.27. The second-order valence-electron chi connectivity index (χ2n) is 3.78. The molecule has 0 aliphatic carbocycles. The van der Waals surface area contributed by atoms with Crippen molar-refractivity contribution in [2.45, 2.75) is 24.8 Å². The molecule has 1 saturated heterocycles. The molecule has 1 atom stereocenters. The fraction of sp³-hybridized carbons (Fsp3) is 0.462. The van der Waals surface area contributed by atoms with E-state index in [1.54, 1.807) is 24.3 Å². The summed E-state index contributed by atoms with van der Waals surface area (Å²) in [5.74, 6) is -0.604. The molecule has 0 aromatic heterocycles. The summed E-state index contributed by atoms with van der Waals surface area (Å²) in [4.78, 5) is 12.0. The highest BCUT2D eigenvalue weighted by atomic mass is 32.2. The lowest BCUT2D eigenvalue weighted by Crippen LogP contribution is -2.51. The Kier molecular flexibility index (Phi) is 6.69. The van der Waals surface area contributed by atoms with Gasteiger partial charge in [0.25, 0.3) is 0 Å². The van der Waals surface area contributed by atoms with Gasteiger partial charge in [-0.3, -0.25) is 4.79 Å². The number of nitrogens with one attached hydrogen (secondary N) is 1. The van der Waals surface area contributed by atoms with Gasteiger partial charge in [0.1, 0.15) is 11.8 Å². The number of carboxylic acid groups (broad SMARTS) is 1. The fourth-order valence-corrected chi connectivity index (χ4v) is 2.65. The fourth-order valence-electron chi connectivity index (χ4n) is 1.65. The molecule has 0 amide bonds. The first kappa shape index (κ1) is 15.8. The van der Waals surface area contributed by atoms with E-state index in [-0.39, 0.29) is 5.75 Å². The lowest BCUT2D eigenvalue weighted by molar-refractivity contribution is -0.141. The van der Waals surface area contributed by atoms with Gasteiger partial charge in [-0.1, -0.05) is 13.8 Å². The molecule has 2 rings (SSSR count). The second-order valence-corrected chi connectivity index (χ2v) is 4.91. The summed E-state index contributed by atoms with van der Waals surface area (Å²) in [6, 6.07) is 6.24. The largest absolute Gasteiger partial charge is 0.508 e. The van der Waals surface area contributed by atoms with Crippen molar-refractivity contribution < 1.29 is 15.0 Å². The van der Waals surface area contributed by atoms with Crippen LogP contribution in [0.3, 0.4) is 0 Å². The average Bonchev–Trinajstić information content (AvgIpc) is 2.44. The Morgan fingerprint density at radius 3 is 2.58 bits per heavy atom. The molecular weight excluding hydrogens is 264 g/mol. The van der Waals surface area contributed by atoms with Crippen molar-refractivity contribution in [3.8, 4) is 5.75 Å². The summed E-state index contributed by atoms with van der Waals surface area (Å²) in [6.07, 6.45) is 0. The third-order valence-corrected chi connectivity index (χ3v) is 3.69. The minimum absolute atomic E-state index is 0.212. The van der Waals surface area contributed by atoms with E-state index in [0.717, 1.165) is 11.4 Å². The van der Waals surface area contributed by atoms with Crippen LogP contribution in [0, 0.1) is 0 Å². The van der Waals surface area contributed by atoms with E-state index in [4.69, 9.17) is 5.11 Å². The lowest BCUT2D eigenvalue weighted by Gasteiger charge is -2.32. The molecule has 1 unspecified atom stereocenters. The zero-order chi connectivity index (χ0) is 14.3. The van der Waals surface area contributed by atoms with Crippen LogP contribution in [0.2, 0.25) is 0 Å². The van der Waals surface area contributed by atoms with E-state index in [2.05, 4.69) is 5.32 Å². The molecule has 1 aliphatic rings. The van der Waals surface area contributed by atoms with Gasteiger partial charge in [-0.05, 0) is 36.2 Å². The molecule has 0 spiro atoms. The van der Waals surface area contributed by atoms with Crippen LogP contribution in [0.1, 0.15) is 13.8 Å². The molecule has 6 heteroatoms. The third kappa shape index (κ3) is 4.74. The van der Waals surface area contributed by atoms with E-state index < -0.39 is 12.0 Å². The maximum atomic E-state index is 11.1. The topological polar surface area (TPSA) is 72.8 Å². The van der Waals surface area contributed by atoms with Gasteiger partial charge in [0.05, 0.1) is 0 Å². The van der Waals surface area contributed by atoms with Crippen molar-refractivity contribution in [2.24, 2.45) is 0 Å². The molecule has 19 heavy (non-hydrogen) atoms. The van der Waals surface area contributed by atoms with Gasteiger partial charge in [0.15, 0.2) is 0 Å². The summed E-state index contributed by atoms with van der Waals surface area (Å²) in [5.41, 5.74) is 0. The van der Waals surface area contributed by atoms with Crippen molar-refractivity contribution in [3.63, 3.8) is 0 Å². The van der Waals surface area contributed by atoms with Gasteiger partial charge >= 0.3 is 5.97 Å². The quantitative estimate of drug-likeness (QED) is 0.735. The number of carbonyl (C=O) groups is 1. The highest BCUT2D eigenvalue weighted by molar-refractivity contribution is 7.97. The first-order valence-electron chi connectivity index (χ1n) is 6.34. The van der Waals surface area contributed by atoms with Gasteiger partial charge in [-0.2, -0.15) is 0 Å². The van der Waals surface area contributed by atoms with E-state index >= 15 is 0 Å². The van der Waals surface area contributed by atoms with Crippen LogP contribution in [0.5, 0.6) is 5.75 Å². The number of nitrogens with zero attached hydrogens (tertiary/aromatic N) is 1. The van der Waals surface area contributed by atoms with Gasteiger partial charge < -0.3 is 15.5 Å². The number of piperazine rings is 1. The molecular formula is C13H20N2O3S. The molecule has 0 radical (unpaired) electrons. The molecule has 3 N–H and O–H groups in total. The minimum atomic E-state index is -0.816. The number of rotatable bonds is 3. The number of hydrogen-bond acceptors (Lipinski definition) is 5. The van der Waals surface area contributed by atoms with E-state index in [0.29, 0.717) is 13.1 Å². The molecule has 5 nitrogen and oxygen atoms in total. The molecule has 1 aliphatic heterocycles. The Bertz CT molecular complexity index is 397. The van der Waals surface area contributed by atoms with Crippen molar-refractivity contribution in [2.75, 3.05) is 19.6 Å². The summed E-state index contributed by atoms with van der Waals surface area (Å²) < 4.78 is 1.85. The van der Waals surface area contributed by atoms with Crippen molar-refractivity contribution in [1.82, 2.24) is 9.62 Å². The molecule has 1 aromatic carbocycles. The number of carboxylic acids is 1. The lowest BCUT2D eigenvalue weighted by atomic mass is 10.2. The Morgan fingerprint density at radius 2 is 2.00 bits per heavy atom. The smallest absolute Gasteiger partial charge is 0.323 e. The SMILES string of the molecule is CC.O=C(O)C1CNCCN1Sc1ccc(O)cc1. The van der Waals surface area contributed by atoms with Crippen LogP contribution in [0.15, 0.2) is 29.2 Å². The van der Waals surface area contributed by atoms with Crippen LogP contribution in [-0.2, 0) is 4.79 Å². The zero-order valence-corrected chi connectivity index (χ0v) is 12.0. The Hall–Kier alpha value is -1.24. The van der Waals surface area contributed by atoms with E-state index in [1.165, 1.54) is 11.9 Å². The Labute approximate surface area is 117 Å². The number of hydrogen-bond donors (Lipinski definition) is 3. The van der Waals surface area contributed by atoms with Crippen LogP contribution in [-0.4, -0.2) is 46.2 Å². The van der Waals surface area contributed by atoms with Crippen LogP contribution in [0.4, 0.5) is 0 Å². The minimum Gasteiger partial charge on any atom is -0.508 e. The molecule has 1 fully saturated rings. The van der Waals surface area contributed by atoms with Crippen molar-refractivity contribution >= 4 is 17.9 Å². The van der Waals surface area contributed by atoms with Crippen LogP contribution < -0.4 is 5.32 Å². The molecule has 0 bridgehead atoms.